The predicted octanol–water partition coefficient (Wildman–Crippen LogP) is 3.65. The Morgan fingerprint density at radius 1 is 1.37 bits per heavy atom. The number of carbonyl (C=O) groups is 1. The number of nitriles is 1. The van der Waals surface area contributed by atoms with Gasteiger partial charge >= 0.3 is 0 Å². The van der Waals surface area contributed by atoms with Crippen LogP contribution in [0.15, 0.2) is 6.07 Å². The Labute approximate surface area is 161 Å². The molecule has 0 fully saturated rings. The molecular formula is C20H21N5OS. The van der Waals surface area contributed by atoms with Crippen LogP contribution in [0, 0.1) is 32.1 Å². The molecule has 138 valence electrons. The smallest absolute Gasteiger partial charge is 0.225 e. The second kappa shape index (κ2) is 6.78. The molecule has 0 spiro atoms. The lowest BCUT2D eigenvalue weighted by Crippen LogP contribution is -2.14. The van der Waals surface area contributed by atoms with E-state index in [9.17, 15) is 10.1 Å². The van der Waals surface area contributed by atoms with Gasteiger partial charge in [-0.1, -0.05) is 0 Å². The first kappa shape index (κ1) is 17.7. The molecule has 3 heterocycles. The Balaban J connectivity index is 1.50. The van der Waals surface area contributed by atoms with E-state index in [0.29, 0.717) is 23.4 Å². The van der Waals surface area contributed by atoms with Crippen molar-refractivity contribution in [1.29, 1.82) is 5.26 Å². The largest absolute Gasteiger partial charge is 0.317 e. The van der Waals surface area contributed by atoms with Crippen LogP contribution in [0.25, 0.3) is 5.65 Å². The standard InChI is InChI=1S/C20H21N5OS/c1-11-9-18-22-12(2)14(13(3)25(18)24-11)7-8-19(26)23-20-16(10-21)15-5-4-6-17(15)27-20/h9H,4-8H2,1-3H3,(H,23,26). The number of fused-ring (bicyclic) bond motifs is 2. The zero-order valence-corrected chi connectivity index (χ0v) is 16.5. The van der Waals surface area contributed by atoms with Gasteiger partial charge in [-0.3, -0.25) is 4.79 Å². The van der Waals surface area contributed by atoms with Crippen molar-refractivity contribution in [3.8, 4) is 6.07 Å². The quantitative estimate of drug-likeness (QED) is 0.750. The van der Waals surface area contributed by atoms with Crippen molar-refractivity contribution in [2.45, 2.75) is 52.9 Å². The van der Waals surface area contributed by atoms with Crippen molar-refractivity contribution in [3.05, 3.63) is 44.7 Å². The van der Waals surface area contributed by atoms with Gasteiger partial charge in [-0.15, -0.1) is 11.3 Å². The summed E-state index contributed by atoms with van der Waals surface area (Å²) in [6, 6.07) is 4.22. The van der Waals surface area contributed by atoms with E-state index in [-0.39, 0.29) is 5.91 Å². The second-order valence-electron chi connectivity index (χ2n) is 7.04. The van der Waals surface area contributed by atoms with Crippen LogP contribution in [0.4, 0.5) is 5.00 Å². The van der Waals surface area contributed by atoms with Gasteiger partial charge in [0.2, 0.25) is 5.91 Å². The molecule has 1 aliphatic rings. The first-order chi connectivity index (χ1) is 13.0. The molecule has 1 N–H and O–H groups in total. The van der Waals surface area contributed by atoms with Gasteiger partial charge < -0.3 is 5.32 Å². The maximum Gasteiger partial charge on any atom is 0.225 e. The lowest BCUT2D eigenvalue weighted by Gasteiger charge is -2.11. The zero-order chi connectivity index (χ0) is 19.1. The van der Waals surface area contributed by atoms with Crippen molar-refractivity contribution in [3.63, 3.8) is 0 Å². The molecule has 0 unspecified atom stereocenters. The third-order valence-corrected chi connectivity index (χ3v) is 6.38. The summed E-state index contributed by atoms with van der Waals surface area (Å²) in [5.74, 6) is -0.0676. The number of hydrogen-bond donors (Lipinski definition) is 1. The van der Waals surface area contributed by atoms with Crippen LogP contribution in [0.3, 0.4) is 0 Å². The molecule has 0 atom stereocenters. The lowest BCUT2D eigenvalue weighted by molar-refractivity contribution is -0.116. The van der Waals surface area contributed by atoms with E-state index in [0.717, 1.165) is 53.1 Å². The van der Waals surface area contributed by atoms with Crippen LogP contribution in [0.1, 0.15) is 51.5 Å². The molecule has 7 heteroatoms. The van der Waals surface area contributed by atoms with Crippen molar-refractivity contribution < 1.29 is 4.79 Å². The fourth-order valence-corrected chi connectivity index (χ4v) is 5.10. The predicted molar refractivity (Wildman–Crippen MR) is 105 cm³/mol. The Hall–Kier alpha value is -2.72. The Morgan fingerprint density at radius 3 is 2.96 bits per heavy atom. The maximum absolute atomic E-state index is 12.5. The number of carbonyl (C=O) groups excluding carboxylic acids is 1. The summed E-state index contributed by atoms with van der Waals surface area (Å²) in [6.45, 7) is 5.93. The molecule has 3 aromatic rings. The van der Waals surface area contributed by atoms with Crippen LogP contribution in [-0.2, 0) is 24.1 Å². The van der Waals surface area contributed by atoms with Crippen LogP contribution in [0.5, 0.6) is 0 Å². The molecule has 0 radical (unpaired) electrons. The number of nitrogens with zero attached hydrogens (tertiary/aromatic N) is 4. The number of aryl methyl sites for hydroxylation is 4. The molecule has 0 saturated heterocycles. The molecule has 27 heavy (non-hydrogen) atoms. The first-order valence-corrected chi connectivity index (χ1v) is 9.96. The summed E-state index contributed by atoms with van der Waals surface area (Å²) in [5, 5.41) is 17.6. The van der Waals surface area contributed by atoms with E-state index in [2.05, 4.69) is 21.5 Å². The van der Waals surface area contributed by atoms with Crippen molar-refractivity contribution in [1.82, 2.24) is 14.6 Å². The molecule has 3 aromatic heterocycles. The van der Waals surface area contributed by atoms with Crippen LogP contribution < -0.4 is 5.32 Å². The fourth-order valence-electron chi connectivity index (χ4n) is 3.84. The Kier molecular flexibility index (Phi) is 4.44. The molecule has 0 bridgehead atoms. The summed E-state index contributed by atoms with van der Waals surface area (Å²) in [5.41, 5.74) is 6.55. The highest BCUT2D eigenvalue weighted by Crippen LogP contribution is 2.38. The van der Waals surface area contributed by atoms with Gasteiger partial charge in [0.15, 0.2) is 5.65 Å². The maximum atomic E-state index is 12.5. The number of aromatic nitrogens is 3. The normalized spacial score (nSPS) is 13.0. The zero-order valence-electron chi connectivity index (χ0n) is 15.7. The topological polar surface area (TPSA) is 83.1 Å². The summed E-state index contributed by atoms with van der Waals surface area (Å²) >= 11 is 1.55. The number of amides is 1. The van der Waals surface area contributed by atoms with E-state index < -0.39 is 0 Å². The van der Waals surface area contributed by atoms with Crippen molar-refractivity contribution in [2.24, 2.45) is 0 Å². The van der Waals surface area contributed by atoms with Gasteiger partial charge in [0.05, 0.1) is 11.3 Å². The van der Waals surface area contributed by atoms with E-state index in [1.807, 2.05) is 31.4 Å². The fraction of sp³-hybridized carbons (Fsp3) is 0.400. The summed E-state index contributed by atoms with van der Waals surface area (Å²) in [4.78, 5) is 18.4. The minimum absolute atomic E-state index is 0.0676. The van der Waals surface area contributed by atoms with E-state index >= 15 is 0 Å². The monoisotopic (exact) mass is 379 g/mol. The average Bonchev–Trinajstić information content (AvgIpc) is 3.28. The molecule has 0 aromatic carbocycles. The molecule has 1 amide bonds. The molecular weight excluding hydrogens is 358 g/mol. The van der Waals surface area contributed by atoms with Gasteiger partial charge in [-0.25, -0.2) is 9.50 Å². The molecule has 1 aliphatic carbocycles. The van der Waals surface area contributed by atoms with Crippen molar-refractivity contribution >= 4 is 27.9 Å². The van der Waals surface area contributed by atoms with Gasteiger partial charge in [-0.05, 0) is 57.6 Å². The minimum atomic E-state index is -0.0676. The highest BCUT2D eigenvalue weighted by molar-refractivity contribution is 7.16. The van der Waals surface area contributed by atoms with E-state index in [1.165, 1.54) is 4.88 Å². The molecule has 0 saturated carbocycles. The minimum Gasteiger partial charge on any atom is -0.317 e. The molecule has 4 rings (SSSR count). The van der Waals surface area contributed by atoms with Crippen LogP contribution >= 0.6 is 11.3 Å². The van der Waals surface area contributed by atoms with Gasteiger partial charge in [0, 0.05) is 28.8 Å². The van der Waals surface area contributed by atoms with Gasteiger partial charge in [0.1, 0.15) is 11.1 Å². The number of anilines is 1. The SMILES string of the molecule is Cc1cc2nc(C)c(CCC(=O)Nc3sc4c(c3C#N)CCC4)c(C)n2n1. The van der Waals surface area contributed by atoms with Gasteiger partial charge in [-0.2, -0.15) is 10.4 Å². The van der Waals surface area contributed by atoms with E-state index in [4.69, 9.17) is 0 Å². The first-order valence-electron chi connectivity index (χ1n) is 9.15. The van der Waals surface area contributed by atoms with Crippen LogP contribution in [0.2, 0.25) is 0 Å². The van der Waals surface area contributed by atoms with E-state index in [1.54, 1.807) is 11.3 Å². The summed E-state index contributed by atoms with van der Waals surface area (Å²) in [6.07, 6.45) is 4.00. The third kappa shape index (κ3) is 3.10. The number of nitrogens with one attached hydrogen (secondary N) is 1. The Bertz CT molecular complexity index is 1100. The van der Waals surface area contributed by atoms with Gasteiger partial charge in [0.25, 0.3) is 0 Å². The van der Waals surface area contributed by atoms with Crippen LogP contribution in [-0.4, -0.2) is 20.5 Å². The second-order valence-corrected chi connectivity index (χ2v) is 8.14. The Morgan fingerprint density at radius 2 is 2.19 bits per heavy atom. The summed E-state index contributed by atoms with van der Waals surface area (Å²) < 4.78 is 1.84. The average molecular weight is 379 g/mol. The number of hydrogen-bond acceptors (Lipinski definition) is 5. The number of rotatable bonds is 4. The third-order valence-electron chi connectivity index (χ3n) is 5.17. The highest BCUT2D eigenvalue weighted by Gasteiger charge is 2.23. The molecule has 6 nitrogen and oxygen atoms in total. The number of thiophene rings is 1. The molecule has 0 aliphatic heterocycles. The lowest BCUT2D eigenvalue weighted by atomic mass is 10.1. The van der Waals surface area contributed by atoms with Crippen molar-refractivity contribution in [2.75, 3.05) is 5.32 Å². The summed E-state index contributed by atoms with van der Waals surface area (Å²) in [7, 11) is 0. The highest BCUT2D eigenvalue weighted by atomic mass is 32.1.